The van der Waals surface area contributed by atoms with Gasteiger partial charge in [-0.25, -0.2) is 4.98 Å². The van der Waals surface area contributed by atoms with Crippen LogP contribution in [0.1, 0.15) is 11.1 Å². The summed E-state index contributed by atoms with van der Waals surface area (Å²) in [7, 11) is 0. The maximum absolute atomic E-state index is 13.2. The van der Waals surface area contributed by atoms with Crippen LogP contribution in [0.15, 0.2) is 71.8 Å². The average molecular weight is 459 g/mol. The van der Waals surface area contributed by atoms with Gasteiger partial charge in [0.15, 0.2) is 0 Å². The molecule has 3 heterocycles. The summed E-state index contributed by atoms with van der Waals surface area (Å²) < 4.78 is 1.45. The molecule has 7 heteroatoms. The zero-order valence-electron chi connectivity index (χ0n) is 18.6. The van der Waals surface area contributed by atoms with Gasteiger partial charge in [0.25, 0.3) is 5.56 Å². The Morgan fingerprint density at radius 3 is 2.33 bits per heavy atom. The first-order valence-corrected chi connectivity index (χ1v) is 12.0. The van der Waals surface area contributed by atoms with Crippen molar-refractivity contribution in [2.24, 2.45) is 0 Å². The van der Waals surface area contributed by atoms with Crippen molar-refractivity contribution in [2.75, 3.05) is 26.2 Å². The van der Waals surface area contributed by atoms with Gasteiger partial charge in [-0.3, -0.25) is 19.1 Å². The van der Waals surface area contributed by atoms with E-state index in [1.165, 1.54) is 27.8 Å². The number of carbonyl (C=O) groups excluding carboxylic acids is 1. The topological polar surface area (TPSA) is 58.4 Å². The molecule has 1 aliphatic rings. The molecule has 0 bridgehead atoms. The van der Waals surface area contributed by atoms with Crippen LogP contribution in [0.2, 0.25) is 0 Å². The third-order valence-corrected chi connectivity index (χ3v) is 7.48. The SMILES string of the molecule is Cc1c(-c2ccccc2)sc2ncn(CC(=O)N3CCN(Cc4ccccc4)CC3)c(=O)c12. The molecule has 0 N–H and O–H groups in total. The Morgan fingerprint density at radius 2 is 1.64 bits per heavy atom. The summed E-state index contributed by atoms with van der Waals surface area (Å²) in [5.41, 5.74) is 3.14. The first kappa shape index (κ1) is 21.6. The number of hydrogen-bond donors (Lipinski definition) is 0. The quantitative estimate of drug-likeness (QED) is 0.457. The summed E-state index contributed by atoms with van der Waals surface area (Å²) in [5, 5.41) is 0.613. The average Bonchev–Trinajstić information content (AvgIpc) is 3.19. The van der Waals surface area contributed by atoms with Gasteiger partial charge in [0.1, 0.15) is 11.4 Å². The summed E-state index contributed by atoms with van der Waals surface area (Å²) in [6.45, 7) is 5.88. The van der Waals surface area contributed by atoms with Gasteiger partial charge in [-0.15, -0.1) is 11.3 Å². The van der Waals surface area contributed by atoms with E-state index >= 15 is 0 Å². The fourth-order valence-electron chi connectivity index (χ4n) is 4.38. The molecule has 2 aromatic heterocycles. The number of nitrogens with zero attached hydrogens (tertiary/aromatic N) is 4. The lowest BCUT2D eigenvalue weighted by atomic mass is 10.1. The van der Waals surface area contributed by atoms with Crippen LogP contribution in [0.3, 0.4) is 0 Å². The maximum Gasteiger partial charge on any atom is 0.262 e. The zero-order valence-corrected chi connectivity index (χ0v) is 19.4. The van der Waals surface area contributed by atoms with E-state index in [2.05, 4.69) is 34.1 Å². The Hall–Kier alpha value is -3.29. The molecule has 0 radical (unpaired) electrons. The lowest BCUT2D eigenvalue weighted by Crippen LogP contribution is -2.49. The van der Waals surface area contributed by atoms with Crippen LogP contribution in [0, 0.1) is 6.92 Å². The van der Waals surface area contributed by atoms with E-state index < -0.39 is 0 Å². The van der Waals surface area contributed by atoms with Crippen molar-refractivity contribution < 1.29 is 4.79 Å². The van der Waals surface area contributed by atoms with E-state index in [1.807, 2.05) is 48.2 Å². The van der Waals surface area contributed by atoms with E-state index in [1.54, 1.807) is 0 Å². The zero-order chi connectivity index (χ0) is 22.8. The van der Waals surface area contributed by atoms with Gasteiger partial charge in [-0.2, -0.15) is 0 Å². The summed E-state index contributed by atoms with van der Waals surface area (Å²) in [6.07, 6.45) is 1.51. The highest BCUT2D eigenvalue weighted by Gasteiger charge is 2.23. The van der Waals surface area contributed by atoms with E-state index in [4.69, 9.17) is 0 Å². The molecule has 168 valence electrons. The highest BCUT2D eigenvalue weighted by molar-refractivity contribution is 7.22. The predicted octanol–water partition coefficient (Wildman–Crippen LogP) is 3.78. The Labute approximate surface area is 196 Å². The molecule has 0 spiro atoms. The van der Waals surface area contributed by atoms with Crippen LogP contribution in [-0.2, 0) is 17.9 Å². The maximum atomic E-state index is 13.2. The van der Waals surface area contributed by atoms with Crippen LogP contribution in [-0.4, -0.2) is 51.4 Å². The van der Waals surface area contributed by atoms with Gasteiger partial charge in [0.05, 0.1) is 11.7 Å². The molecule has 1 fully saturated rings. The smallest absolute Gasteiger partial charge is 0.262 e. The standard InChI is InChI=1S/C26H26N4O2S/c1-19-23-25(33-24(19)21-10-6-3-7-11-21)27-18-30(26(23)32)17-22(31)29-14-12-28(13-15-29)16-20-8-4-2-5-9-20/h2-11,18H,12-17H2,1H3. The number of rotatable bonds is 5. The summed E-state index contributed by atoms with van der Waals surface area (Å²) in [5.74, 6) is -0.0335. The minimum atomic E-state index is -0.146. The molecule has 4 aromatic rings. The number of piperazine rings is 1. The molecule has 1 aliphatic heterocycles. The predicted molar refractivity (Wildman–Crippen MR) is 132 cm³/mol. The number of fused-ring (bicyclic) bond motifs is 1. The molecule has 0 unspecified atom stereocenters. The van der Waals surface area contributed by atoms with Gasteiger partial charge < -0.3 is 4.90 Å². The molecule has 2 aromatic carbocycles. The number of aryl methyl sites for hydroxylation is 1. The first-order valence-electron chi connectivity index (χ1n) is 11.2. The van der Waals surface area contributed by atoms with Crippen LogP contribution in [0.4, 0.5) is 0 Å². The minimum Gasteiger partial charge on any atom is -0.339 e. The second-order valence-electron chi connectivity index (χ2n) is 8.42. The number of hydrogen-bond acceptors (Lipinski definition) is 5. The lowest BCUT2D eigenvalue weighted by Gasteiger charge is -2.34. The van der Waals surface area contributed by atoms with Gasteiger partial charge >= 0.3 is 0 Å². The number of carbonyl (C=O) groups is 1. The molecule has 1 saturated heterocycles. The highest BCUT2D eigenvalue weighted by Crippen LogP contribution is 2.35. The van der Waals surface area contributed by atoms with Gasteiger partial charge in [-0.05, 0) is 23.6 Å². The molecule has 0 atom stereocenters. The Morgan fingerprint density at radius 1 is 0.970 bits per heavy atom. The number of aromatic nitrogens is 2. The van der Waals surface area contributed by atoms with Crippen molar-refractivity contribution in [3.63, 3.8) is 0 Å². The van der Waals surface area contributed by atoms with Crippen molar-refractivity contribution in [3.8, 4) is 10.4 Å². The molecule has 33 heavy (non-hydrogen) atoms. The first-order chi connectivity index (χ1) is 16.1. The Kier molecular flexibility index (Phi) is 6.07. The highest BCUT2D eigenvalue weighted by atomic mass is 32.1. The van der Waals surface area contributed by atoms with E-state index in [-0.39, 0.29) is 18.0 Å². The molecular formula is C26H26N4O2S. The third-order valence-electron chi connectivity index (χ3n) is 6.23. The second kappa shape index (κ2) is 9.29. The van der Waals surface area contributed by atoms with E-state index in [0.717, 1.165) is 40.5 Å². The number of benzene rings is 2. The van der Waals surface area contributed by atoms with E-state index in [9.17, 15) is 9.59 Å². The van der Waals surface area contributed by atoms with Gasteiger partial charge in [0.2, 0.25) is 5.91 Å². The third kappa shape index (κ3) is 4.47. The number of thiophene rings is 1. The molecule has 0 saturated carbocycles. The van der Waals surface area contributed by atoms with Crippen LogP contribution in [0.5, 0.6) is 0 Å². The second-order valence-corrected chi connectivity index (χ2v) is 9.42. The van der Waals surface area contributed by atoms with Crippen molar-refractivity contribution in [1.82, 2.24) is 19.4 Å². The fourth-order valence-corrected chi connectivity index (χ4v) is 5.52. The largest absolute Gasteiger partial charge is 0.339 e. The van der Waals surface area contributed by atoms with Gasteiger partial charge in [0, 0.05) is 37.6 Å². The molecular weight excluding hydrogens is 432 g/mol. The lowest BCUT2D eigenvalue weighted by molar-refractivity contribution is -0.133. The Balaban J connectivity index is 1.28. The normalized spacial score (nSPS) is 14.6. The summed E-state index contributed by atoms with van der Waals surface area (Å²) >= 11 is 1.52. The molecule has 1 amide bonds. The van der Waals surface area contributed by atoms with Crippen LogP contribution in [0.25, 0.3) is 20.7 Å². The monoisotopic (exact) mass is 458 g/mol. The fraction of sp³-hybridized carbons (Fsp3) is 0.269. The minimum absolute atomic E-state index is 0.0242. The van der Waals surface area contributed by atoms with Gasteiger partial charge in [-0.1, -0.05) is 60.7 Å². The molecule has 6 nitrogen and oxygen atoms in total. The van der Waals surface area contributed by atoms with E-state index in [0.29, 0.717) is 18.5 Å². The number of amides is 1. The molecule has 0 aliphatic carbocycles. The van der Waals surface area contributed by atoms with Crippen molar-refractivity contribution in [1.29, 1.82) is 0 Å². The summed E-state index contributed by atoms with van der Waals surface area (Å²) in [4.78, 5) is 36.7. The van der Waals surface area contributed by atoms with Crippen LogP contribution < -0.4 is 5.56 Å². The van der Waals surface area contributed by atoms with Crippen molar-refractivity contribution in [2.45, 2.75) is 20.0 Å². The van der Waals surface area contributed by atoms with Crippen LogP contribution >= 0.6 is 11.3 Å². The molecule has 5 rings (SSSR count). The van der Waals surface area contributed by atoms with Crippen molar-refractivity contribution in [3.05, 3.63) is 88.5 Å². The van der Waals surface area contributed by atoms with Crippen molar-refractivity contribution >= 4 is 27.5 Å². The summed E-state index contributed by atoms with van der Waals surface area (Å²) in [6, 6.07) is 20.4. The Bertz CT molecular complexity index is 1320.